The van der Waals surface area contributed by atoms with E-state index in [9.17, 15) is 4.79 Å². The number of anilines is 1. The number of rotatable bonds is 5. The number of hydrogen-bond donors (Lipinski definition) is 0. The molecule has 0 unspecified atom stereocenters. The van der Waals surface area contributed by atoms with Gasteiger partial charge in [0.1, 0.15) is 6.61 Å². The first-order valence-corrected chi connectivity index (χ1v) is 8.43. The standard InChI is InChI=1S/C19H25NO3/c1-14(2)18-16(9-12-22-18)19(21)23-13-11-20-10-5-7-15-6-3-4-8-17(15)20/h3-4,6,8,16,18H,1,5,7,9-13H2,2H3/t16-,18-/m1/s1. The predicted octanol–water partition coefficient (Wildman–Crippen LogP) is 2.96. The first-order chi connectivity index (χ1) is 11.2. The first-order valence-electron chi connectivity index (χ1n) is 8.43. The van der Waals surface area contributed by atoms with E-state index in [1.54, 1.807) is 0 Å². The summed E-state index contributed by atoms with van der Waals surface area (Å²) in [7, 11) is 0. The van der Waals surface area contributed by atoms with Crippen LogP contribution in [0.15, 0.2) is 36.4 Å². The fraction of sp³-hybridized carbons (Fsp3) is 0.526. The van der Waals surface area contributed by atoms with E-state index < -0.39 is 0 Å². The Kier molecular flexibility index (Phi) is 5.01. The van der Waals surface area contributed by atoms with Crippen LogP contribution >= 0.6 is 0 Å². The van der Waals surface area contributed by atoms with E-state index >= 15 is 0 Å². The number of ether oxygens (including phenoxy) is 2. The fourth-order valence-corrected chi connectivity index (χ4v) is 3.52. The molecule has 0 aliphatic carbocycles. The monoisotopic (exact) mass is 315 g/mol. The van der Waals surface area contributed by atoms with E-state index in [0.717, 1.165) is 37.9 Å². The molecule has 4 heteroatoms. The molecule has 2 aliphatic heterocycles. The summed E-state index contributed by atoms with van der Waals surface area (Å²) in [6.07, 6.45) is 2.83. The van der Waals surface area contributed by atoms with Crippen LogP contribution in [0.25, 0.3) is 0 Å². The molecule has 0 aromatic heterocycles. The lowest BCUT2D eigenvalue weighted by molar-refractivity contribution is -0.149. The van der Waals surface area contributed by atoms with Gasteiger partial charge in [0.25, 0.3) is 0 Å². The van der Waals surface area contributed by atoms with Crippen molar-refractivity contribution in [3.8, 4) is 0 Å². The largest absolute Gasteiger partial charge is 0.464 e. The molecule has 0 saturated carbocycles. The van der Waals surface area contributed by atoms with Gasteiger partial charge in [-0.15, -0.1) is 0 Å². The lowest BCUT2D eigenvalue weighted by atomic mass is 9.97. The number of carbonyl (C=O) groups excluding carboxylic acids is 1. The topological polar surface area (TPSA) is 38.8 Å². The third kappa shape index (κ3) is 3.58. The molecule has 4 nitrogen and oxygen atoms in total. The molecule has 0 amide bonds. The molecular weight excluding hydrogens is 290 g/mol. The van der Waals surface area contributed by atoms with Gasteiger partial charge in [0.05, 0.1) is 18.6 Å². The Balaban J connectivity index is 1.52. The third-order valence-electron chi connectivity index (χ3n) is 4.69. The zero-order chi connectivity index (χ0) is 16.2. The number of benzene rings is 1. The molecule has 1 saturated heterocycles. The van der Waals surface area contributed by atoms with Crippen LogP contribution in [0.3, 0.4) is 0 Å². The molecule has 2 aliphatic rings. The van der Waals surface area contributed by atoms with Crippen molar-refractivity contribution >= 4 is 11.7 Å². The lowest BCUT2D eigenvalue weighted by Crippen LogP contribution is -2.34. The average molecular weight is 315 g/mol. The van der Waals surface area contributed by atoms with Crippen molar-refractivity contribution in [1.82, 2.24) is 0 Å². The summed E-state index contributed by atoms with van der Waals surface area (Å²) in [5.41, 5.74) is 3.56. The van der Waals surface area contributed by atoms with Crippen molar-refractivity contribution in [3.63, 3.8) is 0 Å². The van der Waals surface area contributed by atoms with Gasteiger partial charge >= 0.3 is 5.97 Å². The Morgan fingerprint density at radius 3 is 3.09 bits per heavy atom. The minimum atomic E-state index is -0.193. The first kappa shape index (κ1) is 16.1. The maximum absolute atomic E-state index is 12.3. The van der Waals surface area contributed by atoms with Crippen LogP contribution in [0.4, 0.5) is 5.69 Å². The predicted molar refractivity (Wildman–Crippen MR) is 90.6 cm³/mol. The van der Waals surface area contributed by atoms with Crippen LogP contribution in [0.2, 0.25) is 0 Å². The fourth-order valence-electron chi connectivity index (χ4n) is 3.52. The minimum Gasteiger partial charge on any atom is -0.464 e. The molecule has 0 spiro atoms. The maximum atomic E-state index is 12.3. The van der Waals surface area contributed by atoms with Gasteiger partial charge in [-0.2, -0.15) is 0 Å². The van der Waals surface area contributed by atoms with Gasteiger partial charge in [-0.05, 0) is 37.8 Å². The molecule has 0 radical (unpaired) electrons. The van der Waals surface area contributed by atoms with Crippen LogP contribution in [-0.2, 0) is 20.7 Å². The molecule has 23 heavy (non-hydrogen) atoms. The highest BCUT2D eigenvalue weighted by atomic mass is 16.5. The van der Waals surface area contributed by atoms with Gasteiger partial charge < -0.3 is 14.4 Å². The second-order valence-electron chi connectivity index (χ2n) is 6.42. The normalized spacial score (nSPS) is 23.4. The van der Waals surface area contributed by atoms with Crippen LogP contribution in [-0.4, -0.2) is 38.4 Å². The van der Waals surface area contributed by atoms with Crippen LogP contribution in [0.1, 0.15) is 25.3 Å². The molecule has 1 aromatic rings. The van der Waals surface area contributed by atoms with E-state index in [0.29, 0.717) is 13.2 Å². The summed E-state index contributed by atoms with van der Waals surface area (Å²) in [5.74, 6) is -0.345. The number of para-hydroxylation sites is 1. The summed E-state index contributed by atoms with van der Waals surface area (Å²) in [6.45, 7) is 8.61. The second-order valence-corrected chi connectivity index (χ2v) is 6.42. The Morgan fingerprint density at radius 2 is 2.26 bits per heavy atom. The van der Waals surface area contributed by atoms with Crippen molar-refractivity contribution in [2.75, 3.05) is 31.2 Å². The summed E-state index contributed by atoms with van der Waals surface area (Å²) >= 11 is 0. The van der Waals surface area contributed by atoms with Crippen molar-refractivity contribution in [2.24, 2.45) is 5.92 Å². The number of aryl methyl sites for hydroxylation is 1. The number of carbonyl (C=O) groups is 1. The van der Waals surface area contributed by atoms with Gasteiger partial charge in [0, 0.05) is 18.8 Å². The number of hydrogen-bond acceptors (Lipinski definition) is 4. The molecule has 2 atom stereocenters. The molecule has 2 heterocycles. The van der Waals surface area contributed by atoms with Crippen LogP contribution in [0, 0.1) is 5.92 Å². The Bertz CT molecular complexity index is 584. The minimum absolute atomic E-state index is 0.152. The van der Waals surface area contributed by atoms with Crippen LogP contribution in [0.5, 0.6) is 0 Å². The summed E-state index contributed by atoms with van der Waals surface area (Å²) < 4.78 is 11.1. The van der Waals surface area contributed by atoms with Gasteiger partial charge in [-0.1, -0.05) is 30.4 Å². The number of fused-ring (bicyclic) bond motifs is 1. The number of esters is 1. The molecular formula is C19H25NO3. The summed E-state index contributed by atoms with van der Waals surface area (Å²) in [5, 5.41) is 0. The summed E-state index contributed by atoms with van der Waals surface area (Å²) in [4.78, 5) is 14.6. The Labute approximate surface area is 138 Å². The molecule has 1 aromatic carbocycles. The van der Waals surface area contributed by atoms with E-state index in [2.05, 4.69) is 35.7 Å². The molecule has 124 valence electrons. The average Bonchev–Trinajstić information content (AvgIpc) is 3.05. The van der Waals surface area contributed by atoms with Gasteiger partial charge in [0.15, 0.2) is 0 Å². The van der Waals surface area contributed by atoms with Gasteiger partial charge in [0.2, 0.25) is 0 Å². The highest BCUT2D eigenvalue weighted by Crippen LogP contribution is 2.28. The zero-order valence-electron chi connectivity index (χ0n) is 13.8. The smallest absolute Gasteiger partial charge is 0.312 e. The maximum Gasteiger partial charge on any atom is 0.312 e. The molecule has 0 N–H and O–H groups in total. The Morgan fingerprint density at radius 1 is 1.43 bits per heavy atom. The SMILES string of the molecule is C=C(C)[C@H]1OCC[C@H]1C(=O)OCCN1CCCc2ccccc21. The van der Waals surface area contributed by atoms with Crippen molar-refractivity contribution < 1.29 is 14.3 Å². The highest BCUT2D eigenvalue weighted by Gasteiger charge is 2.35. The lowest BCUT2D eigenvalue weighted by Gasteiger charge is -2.31. The molecule has 0 bridgehead atoms. The summed E-state index contributed by atoms with van der Waals surface area (Å²) in [6, 6.07) is 8.48. The molecule has 1 fully saturated rings. The van der Waals surface area contributed by atoms with E-state index in [4.69, 9.17) is 9.47 Å². The van der Waals surface area contributed by atoms with Crippen molar-refractivity contribution in [1.29, 1.82) is 0 Å². The van der Waals surface area contributed by atoms with Crippen LogP contribution < -0.4 is 4.90 Å². The number of nitrogens with zero attached hydrogens (tertiary/aromatic N) is 1. The second kappa shape index (κ2) is 7.18. The van der Waals surface area contributed by atoms with E-state index in [-0.39, 0.29) is 18.0 Å². The molecule has 3 rings (SSSR count). The zero-order valence-corrected chi connectivity index (χ0v) is 13.8. The third-order valence-corrected chi connectivity index (χ3v) is 4.69. The highest BCUT2D eigenvalue weighted by molar-refractivity contribution is 5.74. The van der Waals surface area contributed by atoms with Gasteiger partial charge in [-0.25, -0.2) is 0 Å². The van der Waals surface area contributed by atoms with E-state index in [1.807, 2.05) is 6.92 Å². The van der Waals surface area contributed by atoms with Crippen molar-refractivity contribution in [2.45, 2.75) is 32.3 Å². The Hall–Kier alpha value is -1.81. The quantitative estimate of drug-likeness (QED) is 0.618. The van der Waals surface area contributed by atoms with Crippen molar-refractivity contribution in [3.05, 3.63) is 42.0 Å². The van der Waals surface area contributed by atoms with E-state index in [1.165, 1.54) is 11.3 Å². The van der Waals surface area contributed by atoms with Gasteiger partial charge in [-0.3, -0.25) is 4.79 Å².